The van der Waals surface area contributed by atoms with Crippen LogP contribution in [0.5, 0.6) is 0 Å². The lowest BCUT2D eigenvalue weighted by Gasteiger charge is -2.18. The van der Waals surface area contributed by atoms with Crippen LogP contribution in [0.15, 0.2) is 122 Å². The lowest BCUT2D eigenvalue weighted by atomic mass is 10.1. The molecule has 0 amide bonds. The molecule has 6 heteroatoms. The molecular formula is C55H86O6. The summed E-state index contributed by atoms with van der Waals surface area (Å²) >= 11 is 0. The SMILES string of the molecule is CC\C=C/C=C\C=C/C=C\C=C/CCCCCC(=O)OC(COC(=O)C/C=C\C/C=C\C/C=C\CC)COC(=O)CCCCCCCCCCCC/C=C\C=C/CCCCC. The number of rotatable bonds is 41. The van der Waals surface area contributed by atoms with Gasteiger partial charge in [-0.2, -0.15) is 0 Å². The molecule has 0 bridgehead atoms. The molecule has 0 aliphatic heterocycles. The summed E-state index contributed by atoms with van der Waals surface area (Å²) in [5, 5.41) is 0. The molecule has 0 fully saturated rings. The van der Waals surface area contributed by atoms with Crippen LogP contribution in [0.2, 0.25) is 0 Å². The van der Waals surface area contributed by atoms with Crippen LogP contribution in [0.1, 0.15) is 188 Å². The lowest BCUT2D eigenvalue weighted by molar-refractivity contribution is -0.166. The Hall–Kier alpha value is -4.19. The molecule has 1 unspecified atom stereocenters. The molecule has 342 valence electrons. The zero-order valence-corrected chi connectivity index (χ0v) is 38.9. The zero-order valence-electron chi connectivity index (χ0n) is 38.9. The number of esters is 3. The zero-order chi connectivity index (χ0) is 44.4. The molecule has 0 spiro atoms. The predicted octanol–water partition coefficient (Wildman–Crippen LogP) is 15.7. The van der Waals surface area contributed by atoms with Gasteiger partial charge in [-0.3, -0.25) is 14.4 Å². The molecule has 0 radical (unpaired) electrons. The highest BCUT2D eigenvalue weighted by atomic mass is 16.6. The largest absolute Gasteiger partial charge is 0.462 e. The van der Waals surface area contributed by atoms with Crippen molar-refractivity contribution in [3.63, 3.8) is 0 Å². The van der Waals surface area contributed by atoms with E-state index in [9.17, 15) is 14.4 Å². The Labute approximate surface area is 373 Å². The third kappa shape index (κ3) is 46.7. The first-order chi connectivity index (χ1) is 30.0. The molecule has 0 aromatic carbocycles. The van der Waals surface area contributed by atoms with Gasteiger partial charge in [-0.15, -0.1) is 0 Å². The molecule has 0 saturated heterocycles. The van der Waals surface area contributed by atoms with E-state index >= 15 is 0 Å². The van der Waals surface area contributed by atoms with Crippen LogP contribution in [0.3, 0.4) is 0 Å². The van der Waals surface area contributed by atoms with Gasteiger partial charge in [-0.05, 0) is 77.0 Å². The highest BCUT2D eigenvalue weighted by molar-refractivity contribution is 5.72. The number of allylic oxidation sites excluding steroid dienone is 19. The van der Waals surface area contributed by atoms with Crippen LogP contribution in [-0.4, -0.2) is 37.2 Å². The second kappa shape index (κ2) is 48.5. The van der Waals surface area contributed by atoms with E-state index in [1.807, 2.05) is 54.7 Å². The van der Waals surface area contributed by atoms with Gasteiger partial charge >= 0.3 is 17.9 Å². The number of hydrogen-bond acceptors (Lipinski definition) is 6. The molecule has 0 aromatic heterocycles. The normalized spacial score (nSPS) is 13.2. The van der Waals surface area contributed by atoms with Gasteiger partial charge < -0.3 is 14.2 Å². The maximum atomic E-state index is 12.7. The molecule has 61 heavy (non-hydrogen) atoms. The average molecular weight is 843 g/mol. The van der Waals surface area contributed by atoms with Crippen molar-refractivity contribution in [1.29, 1.82) is 0 Å². The predicted molar refractivity (Wildman–Crippen MR) is 260 cm³/mol. The molecule has 0 heterocycles. The Bertz CT molecular complexity index is 1340. The number of unbranched alkanes of at least 4 members (excludes halogenated alkanes) is 16. The van der Waals surface area contributed by atoms with Crippen molar-refractivity contribution >= 4 is 17.9 Å². The van der Waals surface area contributed by atoms with Crippen molar-refractivity contribution in [3.05, 3.63) is 122 Å². The first kappa shape index (κ1) is 56.8. The van der Waals surface area contributed by atoms with Crippen LogP contribution < -0.4 is 0 Å². The second-order valence-corrected chi connectivity index (χ2v) is 15.4. The smallest absolute Gasteiger partial charge is 0.309 e. The summed E-state index contributed by atoms with van der Waals surface area (Å²) in [5.74, 6) is -1.11. The van der Waals surface area contributed by atoms with E-state index in [0.717, 1.165) is 64.2 Å². The van der Waals surface area contributed by atoms with E-state index in [0.29, 0.717) is 12.8 Å². The maximum absolute atomic E-state index is 12.7. The van der Waals surface area contributed by atoms with E-state index < -0.39 is 12.1 Å². The van der Waals surface area contributed by atoms with Crippen molar-refractivity contribution in [2.75, 3.05) is 13.2 Å². The third-order valence-corrected chi connectivity index (χ3v) is 9.62. The van der Waals surface area contributed by atoms with Gasteiger partial charge in [0.15, 0.2) is 6.10 Å². The van der Waals surface area contributed by atoms with Crippen LogP contribution in [0.25, 0.3) is 0 Å². The van der Waals surface area contributed by atoms with Gasteiger partial charge in [0.1, 0.15) is 13.2 Å². The first-order valence-electron chi connectivity index (χ1n) is 24.1. The van der Waals surface area contributed by atoms with Crippen molar-refractivity contribution in [2.24, 2.45) is 0 Å². The monoisotopic (exact) mass is 843 g/mol. The summed E-state index contributed by atoms with van der Waals surface area (Å²) in [6.07, 6.45) is 66.5. The third-order valence-electron chi connectivity index (χ3n) is 9.62. The van der Waals surface area contributed by atoms with E-state index in [-0.39, 0.29) is 38.0 Å². The highest BCUT2D eigenvalue weighted by Crippen LogP contribution is 2.13. The van der Waals surface area contributed by atoms with Crippen molar-refractivity contribution in [1.82, 2.24) is 0 Å². The Kier molecular flexibility index (Phi) is 45.1. The maximum Gasteiger partial charge on any atom is 0.309 e. The average Bonchev–Trinajstić information content (AvgIpc) is 3.26. The van der Waals surface area contributed by atoms with Crippen molar-refractivity contribution in [3.8, 4) is 0 Å². The fraction of sp³-hybridized carbons (Fsp3) is 0.582. The molecular weight excluding hydrogens is 757 g/mol. The lowest BCUT2D eigenvalue weighted by Crippen LogP contribution is -2.30. The fourth-order valence-corrected chi connectivity index (χ4v) is 6.04. The van der Waals surface area contributed by atoms with Gasteiger partial charge in [0, 0.05) is 12.8 Å². The number of hydrogen-bond donors (Lipinski definition) is 0. The van der Waals surface area contributed by atoms with Gasteiger partial charge in [-0.25, -0.2) is 0 Å². The minimum atomic E-state index is -0.839. The molecule has 0 saturated carbocycles. The first-order valence-corrected chi connectivity index (χ1v) is 24.1. The fourth-order valence-electron chi connectivity index (χ4n) is 6.04. The van der Waals surface area contributed by atoms with E-state index in [1.165, 1.54) is 77.0 Å². The van der Waals surface area contributed by atoms with Gasteiger partial charge in [0.2, 0.25) is 0 Å². The van der Waals surface area contributed by atoms with E-state index in [4.69, 9.17) is 14.2 Å². The van der Waals surface area contributed by atoms with Gasteiger partial charge in [0.25, 0.3) is 0 Å². The van der Waals surface area contributed by atoms with Crippen LogP contribution >= 0.6 is 0 Å². The van der Waals surface area contributed by atoms with E-state index in [1.54, 1.807) is 6.08 Å². The molecule has 0 aromatic rings. The van der Waals surface area contributed by atoms with E-state index in [2.05, 4.69) is 81.5 Å². The molecule has 0 aliphatic rings. The Balaban J connectivity index is 4.46. The van der Waals surface area contributed by atoms with Crippen LogP contribution in [0, 0.1) is 0 Å². The minimum Gasteiger partial charge on any atom is -0.462 e. The Morgan fingerprint density at radius 3 is 1.31 bits per heavy atom. The van der Waals surface area contributed by atoms with Crippen LogP contribution in [-0.2, 0) is 28.6 Å². The molecule has 1 atom stereocenters. The minimum absolute atomic E-state index is 0.120. The summed E-state index contributed by atoms with van der Waals surface area (Å²) in [6.45, 7) is 6.18. The Morgan fingerprint density at radius 1 is 0.377 bits per heavy atom. The second-order valence-electron chi connectivity index (χ2n) is 15.4. The summed E-state index contributed by atoms with van der Waals surface area (Å²) in [4.78, 5) is 37.7. The topological polar surface area (TPSA) is 78.9 Å². The number of carbonyl (C=O) groups is 3. The highest BCUT2D eigenvalue weighted by Gasteiger charge is 2.19. The quantitative estimate of drug-likeness (QED) is 0.0201. The molecule has 0 aliphatic carbocycles. The molecule has 0 N–H and O–H groups in total. The Morgan fingerprint density at radius 2 is 0.770 bits per heavy atom. The molecule has 6 nitrogen and oxygen atoms in total. The summed E-state index contributed by atoms with van der Waals surface area (Å²) in [6, 6.07) is 0. The van der Waals surface area contributed by atoms with Gasteiger partial charge in [-0.1, -0.05) is 213 Å². The standard InChI is InChI=1S/C55H86O6/c1-4-7-10-13-16-19-21-23-25-26-27-28-30-31-33-36-39-42-45-48-54(57)60-51-52(50-59-53(56)47-44-41-38-35-18-15-12-9-6-3)61-55(58)49-46-43-40-37-34-32-29-24-22-20-17-14-11-8-5-2/h8-9,11-12,14,16-24,29,32,34-35,41,44,52H,4-7,10,13,15,25-28,30-31,33,36-40,42-43,45-51H2,1-3H3/b11-8-,12-9-,17-14-,19-16-,22-20-,23-21-,29-24-,34-32-,35-18-,44-41-. The number of carbonyl (C=O) groups excluding carboxylic acids is 3. The summed E-state index contributed by atoms with van der Waals surface area (Å²) in [5.41, 5.74) is 0. The van der Waals surface area contributed by atoms with Crippen molar-refractivity contribution < 1.29 is 28.6 Å². The number of ether oxygens (including phenoxy) is 3. The molecule has 0 rings (SSSR count). The van der Waals surface area contributed by atoms with Crippen molar-refractivity contribution in [2.45, 2.75) is 194 Å². The van der Waals surface area contributed by atoms with Gasteiger partial charge in [0.05, 0.1) is 6.42 Å². The van der Waals surface area contributed by atoms with Crippen LogP contribution in [0.4, 0.5) is 0 Å². The summed E-state index contributed by atoms with van der Waals surface area (Å²) in [7, 11) is 0. The summed E-state index contributed by atoms with van der Waals surface area (Å²) < 4.78 is 16.6.